The van der Waals surface area contributed by atoms with E-state index in [0.717, 1.165) is 18.6 Å². The first-order valence-corrected chi connectivity index (χ1v) is 7.02. The van der Waals surface area contributed by atoms with E-state index in [-0.39, 0.29) is 11.8 Å². The van der Waals surface area contributed by atoms with Gasteiger partial charge in [0.05, 0.1) is 6.61 Å². The Hall–Kier alpha value is -2.04. The molecule has 1 atom stereocenters. The lowest BCUT2D eigenvalue weighted by molar-refractivity contribution is -0.125. The van der Waals surface area contributed by atoms with Crippen molar-refractivity contribution in [3.05, 3.63) is 24.3 Å². The third-order valence-electron chi connectivity index (χ3n) is 3.23. The first-order valence-electron chi connectivity index (χ1n) is 7.02. The van der Waals surface area contributed by atoms with Crippen LogP contribution in [-0.4, -0.2) is 24.5 Å². The Morgan fingerprint density at radius 1 is 1.35 bits per heavy atom. The fourth-order valence-electron chi connectivity index (χ4n) is 2.20. The lowest BCUT2D eigenvalue weighted by atomic mass is 10.1. The molecule has 1 aliphatic rings. The van der Waals surface area contributed by atoms with Gasteiger partial charge in [-0.1, -0.05) is 6.42 Å². The summed E-state index contributed by atoms with van der Waals surface area (Å²) < 4.78 is 5.34. The van der Waals surface area contributed by atoms with Gasteiger partial charge in [0.1, 0.15) is 11.8 Å². The van der Waals surface area contributed by atoms with Gasteiger partial charge in [-0.25, -0.2) is 0 Å². The van der Waals surface area contributed by atoms with Crippen molar-refractivity contribution in [1.82, 2.24) is 5.32 Å². The predicted octanol–water partition coefficient (Wildman–Crippen LogP) is 2.08. The van der Waals surface area contributed by atoms with Crippen LogP contribution in [0.4, 0.5) is 5.69 Å². The molecule has 2 rings (SSSR count). The zero-order chi connectivity index (χ0) is 14.4. The van der Waals surface area contributed by atoms with Gasteiger partial charge in [-0.05, 0) is 44.0 Å². The first kappa shape index (κ1) is 14.4. The minimum atomic E-state index is -0.434. The summed E-state index contributed by atoms with van der Waals surface area (Å²) in [5.41, 5.74) is 0.706. The number of carbonyl (C=O) groups is 2. The van der Waals surface area contributed by atoms with Gasteiger partial charge in [-0.15, -0.1) is 0 Å². The van der Waals surface area contributed by atoms with Crippen LogP contribution in [0.2, 0.25) is 0 Å². The summed E-state index contributed by atoms with van der Waals surface area (Å²) in [6.45, 7) is 2.53. The molecule has 0 aromatic heterocycles. The highest BCUT2D eigenvalue weighted by atomic mass is 16.5. The Bertz CT molecular complexity index is 471. The topological polar surface area (TPSA) is 67.4 Å². The van der Waals surface area contributed by atoms with Crippen LogP contribution in [0.15, 0.2) is 24.3 Å². The Balaban J connectivity index is 1.94. The molecule has 2 amide bonds. The fraction of sp³-hybridized carbons (Fsp3) is 0.467. The van der Waals surface area contributed by atoms with E-state index >= 15 is 0 Å². The summed E-state index contributed by atoms with van der Waals surface area (Å²) in [6, 6.07) is 6.77. The van der Waals surface area contributed by atoms with Crippen LogP contribution >= 0.6 is 0 Å². The van der Waals surface area contributed by atoms with Gasteiger partial charge in [0.2, 0.25) is 11.8 Å². The zero-order valence-electron chi connectivity index (χ0n) is 11.6. The van der Waals surface area contributed by atoms with Gasteiger partial charge in [-0.2, -0.15) is 0 Å². The normalized spacial score (nSPS) is 18.9. The molecule has 1 aliphatic heterocycles. The van der Waals surface area contributed by atoms with E-state index in [1.807, 2.05) is 19.1 Å². The molecule has 1 saturated heterocycles. The second kappa shape index (κ2) is 6.93. The molecular weight excluding hydrogens is 256 g/mol. The van der Waals surface area contributed by atoms with Crippen molar-refractivity contribution in [2.75, 3.05) is 11.9 Å². The molecule has 108 valence electrons. The monoisotopic (exact) mass is 276 g/mol. The van der Waals surface area contributed by atoms with Crippen molar-refractivity contribution in [2.45, 2.75) is 38.6 Å². The Morgan fingerprint density at radius 3 is 2.80 bits per heavy atom. The standard InChI is InChI=1S/C15H20N2O3/c1-2-20-12-9-7-11(8-10-12)16-15(19)13-5-3-4-6-14(18)17-13/h7-10,13H,2-6H2,1H3,(H,16,19)(H,17,18). The molecule has 20 heavy (non-hydrogen) atoms. The molecule has 1 aromatic rings. The van der Waals surface area contributed by atoms with Crippen LogP contribution in [-0.2, 0) is 9.59 Å². The molecule has 0 bridgehead atoms. The number of amides is 2. The molecule has 1 unspecified atom stereocenters. The molecule has 0 aliphatic carbocycles. The summed E-state index contributed by atoms with van der Waals surface area (Å²) in [7, 11) is 0. The molecule has 2 N–H and O–H groups in total. The SMILES string of the molecule is CCOc1ccc(NC(=O)C2CCCCC(=O)N2)cc1. The second-order valence-corrected chi connectivity index (χ2v) is 4.81. The van der Waals surface area contributed by atoms with Gasteiger partial charge in [0, 0.05) is 12.1 Å². The smallest absolute Gasteiger partial charge is 0.246 e. The number of hydrogen-bond acceptors (Lipinski definition) is 3. The summed E-state index contributed by atoms with van der Waals surface area (Å²) >= 11 is 0. The highest BCUT2D eigenvalue weighted by Gasteiger charge is 2.22. The lowest BCUT2D eigenvalue weighted by Crippen LogP contribution is -2.42. The van der Waals surface area contributed by atoms with Crippen LogP contribution in [0.25, 0.3) is 0 Å². The predicted molar refractivity (Wildman–Crippen MR) is 76.6 cm³/mol. The number of benzene rings is 1. The van der Waals surface area contributed by atoms with Gasteiger partial charge < -0.3 is 15.4 Å². The van der Waals surface area contributed by atoms with Crippen molar-refractivity contribution in [3.63, 3.8) is 0 Å². The quantitative estimate of drug-likeness (QED) is 0.884. The van der Waals surface area contributed by atoms with E-state index in [1.165, 1.54) is 0 Å². The summed E-state index contributed by atoms with van der Waals surface area (Å²) in [5.74, 6) is 0.562. The lowest BCUT2D eigenvalue weighted by Gasteiger charge is -2.15. The summed E-state index contributed by atoms with van der Waals surface area (Å²) in [4.78, 5) is 23.6. The second-order valence-electron chi connectivity index (χ2n) is 4.81. The number of nitrogens with one attached hydrogen (secondary N) is 2. The number of anilines is 1. The maximum Gasteiger partial charge on any atom is 0.246 e. The molecule has 1 fully saturated rings. The average molecular weight is 276 g/mol. The van der Waals surface area contributed by atoms with Crippen LogP contribution < -0.4 is 15.4 Å². The Morgan fingerprint density at radius 2 is 2.10 bits per heavy atom. The fourth-order valence-corrected chi connectivity index (χ4v) is 2.20. The molecule has 0 radical (unpaired) electrons. The molecule has 5 heteroatoms. The summed E-state index contributed by atoms with van der Waals surface area (Å²) in [6.07, 6.45) is 2.93. The van der Waals surface area contributed by atoms with E-state index < -0.39 is 6.04 Å². The number of ether oxygens (including phenoxy) is 1. The minimum Gasteiger partial charge on any atom is -0.494 e. The Kier molecular flexibility index (Phi) is 4.98. The number of rotatable bonds is 4. The Labute approximate surface area is 118 Å². The van der Waals surface area contributed by atoms with E-state index in [2.05, 4.69) is 10.6 Å². The maximum absolute atomic E-state index is 12.1. The number of carbonyl (C=O) groups excluding carboxylic acids is 2. The minimum absolute atomic E-state index is 0.0469. The van der Waals surface area contributed by atoms with Crippen LogP contribution in [0.3, 0.4) is 0 Å². The van der Waals surface area contributed by atoms with Crippen molar-refractivity contribution in [3.8, 4) is 5.75 Å². The summed E-state index contributed by atoms with van der Waals surface area (Å²) in [5, 5.41) is 5.57. The molecule has 1 aromatic carbocycles. The zero-order valence-corrected chi connectivity index (χ0v) is 11.6. The molecule has 0 saturated carbocycles. The van der Waals surface area contributed by atoms with Crippen LogP contribution in [0.1, 0.15) is 32.6 Å². The van der Waals surface area contributed by atoms with Gasteiger partial charge in [0.15, 0.2) is 0 Å². The maximum atomic E-state index is 12.1. The molecule has 5 nitrogen and oxygen atoms in total. The molecular formula is C15H20N2O3. The van der Waals surface area contributed by atoms with Crippen molar-refractivity contribution >= 4 is 17.5 Å². The number of hydrogen-bond donors (Lipinski definition) is 2. The first-order chi connectivity index (χ1) is 9.69. The van der Waals surface area contributed by atoms with E-state index in [4.69, 9.17) is 4.74 Å². The van der Waals surface area contributed by atoms with E-state index in [9.17, 15) is 9.59 Å². The van der Waals surface area contributed by atoms with Crippen molar-refractivity contribution in [2.24, 2.45) is 0 Å². The highest BCUT2D eigenvalue weighted by molar-refractivity contribution is 5.97. The third kappa shape index (κ3) is 3.98. The van der Waals surface area contributed by atoms with Crippen molar-refractivity contribution in [1.29, 1.82) is 0 Å². The molecule has 1 heterocycles. The van der Waals surface area contributed by atoms with Gasteiger partial charge in [-0.3, -0.25) is 9.59 Å². The largest absolute Gasteiger partial charge is 0.494 e. The van der Waals surface area contributed by atoms with Crippen molar-refractivity contribution < 1.29 is 14.3 Å². The van der Waals surface area contributed by atoms with Crippen LogP contribution in [0.5, 0.6) is 5.75 Å². The highest BCUT2D eigenvalue weighted by Crippen LogP contribution is 2.17. The van der Waals surface area contributed by atoms with Gasteiger partial charge >= 0.3 is 0 Å². The van der Waals surface area contributed by atoms with Gasteiger partial charge in [0.25, 0.3) is 0 Å². The van der Waals surface area contributed by atoms with Crippen LogP contribution in [0, 0.1) is 0 Å². The average Bonchev–Trinajstić information content (AvgIpc) is 2.66. The third-order valence-corrected chi connectivity index (χ3v) is 3.23. The van der Waals surface area contributed by atoms with E-state index in [0.29, 0.717) is 25.1 Å². The molecule has 0 spiro atoms. The van der Waals surface area contributed by atoms with E-state index in [1.54, 1.807) is 12.1 Å².